The van der Waals surface area contributed by atoms with E-state index in [1.807, 2.05) is 0 Å². The van der Waals surface area contributed by atoms with E-state index in [1.165, 1.54) is 16.9 Å². The molecule has 0 aliphatic carbocycles. The van der Waals surface area contributed by atoms with Crippen molar-refractivity contribution in [2.75, 3.05) is 5.32 Å². The van der Waals surface area contributed by atoms with Crippen molar-refractivity contribution in [1.29, 1.82) is 0 Å². The third-order valence-electron chi connectivity index (χ3n) is 2.61. The number of hydrogen-bond acceptors (Lipinski definition) is 4. The highest BCUT2D eigenvalue weighted by Gasteiger charge is 2.32. The molecule has 0 atom stereocenters. The zero-order chi connectivity index (χ0) is 18.1. The maximum atomic E-state index is 12.5. The molecule has 0 aromatic carbocycles. The van der Waals surface area contributed by atoms with E-state index in [4.69, 9.17) is 16.3 Å². The minimum Gasteiger partial charge on any atom is -0.444 e. The van der Waals surface area contributed by atoms with E-state index >= 15 is 0 Å². The number of nitrogens with zero attached hydrogens (tertiary/aromatic N) is 3. The second-order valence-corrected chi connectivity index (χ2v) is 6.16. The quantitative estimate of drug-likeness (QED) is 0.865. The Morgan fingerprint density at radius 1 is 1.29 bits per heavy atom. The molecule has 0 aliphatic heterocycles. The Morgan fingerprint density at radius 2 is 1.96 bits per heavy atom. The Morgan fingerprint density at radius 3 is 2.46 bits per heavy atom. The Balaban J connectivity index is 2.18. The molecule has 2 aromatic rings. The van der Waals surface area contributed by atoms with Gasteiger partial charge in [0.05, 0.1) is 18.1 Å². The van der Waals surface area contributed by atoms with Crippen molar-refractivity contribution in [3.05, 3.63) is 35.4 Å². The molecule has 0 unspecified atom stereocenters. The first-order valence-electron chi connectivity index (χ1n) is 6.74. The normalized spacial score (nSPS) is 12.1. The number of hydrogen-bond donors (Lipinski definition) is 1. The summed E-state index contributed by atoms with van der Waals surface area (Å²) in [4.78, 5) is 15.0. The number of carbonyl (C=O) groups excluding carboxylic acids is 1. The number of aromatic nitrogens is 3. The van der Waals surface area contributed by atoms with Crippen LogP contribution in [0.3, 0.4) is 0 Å². The lowest BCUT2D eigenvalue weighted by Crippen LogP contribution is -2.27. The fourth-order valence-corrected chi connectivity index (χ4v) is 1.85. The molecule has 1 N–H and O–H groups in total. The molecule has 6 nitrogen and oxygen atoms in total. The van der Waals surface area contributed by atoms with Crippen molar-refractivity contribution < 1.29 is 22.7 Å². The first-order chi connectivity index (χ1) is 11.0. The van der Waals surface area contributed by atoms with E-state index in [0.29, 0.717) is 0 Å². The second kappa shape index (κ2) is 6.31. The number of amides is 1. The van der Waals surface area contributed by atoms with Crippen LogP contribution in [0.1, 0.15) is 26.5 Å². The van der Waals surface area contributed by atoms with Gasteiger partial charge in [-0.2, -0.15) is 18.3 Å². The van der Waals surface area contributed by atoms with E-state index < -0.39 is 23.6 Å². The lowest BCUT2D eigenvalue weighted by Gasteiger charge is -2.19. The van der Waals surface area contributed by atoms with Crippen molar-refractivity contribution in [1.82, 2.24) is 14.8 Å². The van der Waals surface area contributed by atoms with E-state index in [2.05, 4.69) is 15.4 Å². The smallest absolute Gasteiger partial charge is 0.433 e. The standard InChI is InChI=1S/C14H14ClF3N4O2/c1-13(2,3)24-12(23)20-9-7-22(21-11(9)15)8-4-5-10(19-6-8)14(16,17)18/h4-7H,1-3H3,(H,20,23). The van der Waals surface area contributed by atoms with Crippen molar-refractivity contribution in [3.8, 4) is 5.69 Å². The van der Waals surface area contributed by atoms with Crippen LogP contribution in [0, 0.1) is 0 Å². The lowest BCUT2D eigenvalue weighted by atomic mass is 10.2. The summed E-state index contributed by atoms with van der Waals surface area (Å²) in [7, 11) is 0. The summed E-state index contributed by atoms with van der Waals surface area (Å²) in [6.45, 7) is 5.10. The number of rotatable bonds is 2. The molecular weight excluding hydrogens is 349 g/mol. The molecule has 2 aromatic heterocycles. The van der Waals surface area contributed by atoms with E-state index in [9.17, 15) is 18.0 Å². The predicted octanol–water partition coefficient (Wildman–Crippen LogP) is 4.29. The first kappa shape index (κ1) is 18.1. The number of alkyl halides is 3. The number of halogens is 4. The number of pyridine rings is 1. The third-order valence-corrected chi connectivity index (χ3v) is 2.89. The molecule has 1 amide bonds. The molecule has 0 fully saturated rings. The number of carbonyl (C=O) groups is 1. The van der Waals surface area contributed by atoms with Gasteiger partial charge in [0.1, 0.15) is 17.0 Å². The van der Waals surface area contributed by atoms with Crippen LogP contribution in [-0.4, -0.2) is 26.5 Å². The minimum atomic E-state index is -4.52. The summed E-state index contributed by atoms with van der Waals surface area (Å²) in [6, 6.07) is 2.02. The second-order valence-electron chi connectivity index (χ2n) is 5.80. The largest absolute Gasteiger partial charge is 0.444 e. The third kappa shape index (κ3) is 4.60. The summed E-state index contributed by atoms with van der Waals surface area (Å²) in [5.41, 5.74) is -1.30. The molecular formula is C14H14ClF3N4O2. The van der Waals surface area contributed by atoms with E-state index in [-0.39, 0.29) is 16.5 Å². The highest BCUT2D eigenvalue weighted by molar-refractivity contribution is 6.32. The van der Waals surface area contributed by atoms with Gasteiger partial charge in [0.2, 0.25) is 0 Å². The van der Waals surface area contributed by atoms with Crippen LogP contribution in [-0.2, 0) is 10.9 Å². The molecule has 24 heavy (non-hydrogen) atoms. The average Bonchev–Trinajstić information content (AvgIpc) is 2.77. The molecule has 0 saturated heterocycles. The Labute approximate surface area is 140 Å². The van der Waals surface area contributed by atoms with Gasteiger partial charge in [-0.15, -0.1) is 0 Å². The zero-order valence-corrected chi connectivity index (χ0v) is 13.7. The molecule has 2 heterocycles. The van der Waals surface area contributed by atoms with Gasteiger partial charge in [0, 0.05) is 0 Å². The molecule has 0 spiro atoms. The van der Waals surface area contributed by atoms with Crippen LogP contribution in [0.4, 0.5) is 23.7 Å². The Hall–Kier alpha value is -2.29. The van der Waals surface area contributed by atoms with Gasteiger partial charge in [0.25, 0.3) is 0 Å². The monoisotopic (exact) mass is 362 g/mol. The molecule has 2 rings (SSSR count). The van der Waals surface area contributed by atoms with Crippen molar-refractivity contribution >= 4 is 23.4 Å². The molecule has 0 bridgehead atoms. The highest BCUT2D eigenvalue weighted by atomic mass is 35.5. The maximum absolute atomic E-state index is 12.5. The average molecular weight is 363 g/mol. The fraction of sp³-hybridized carbons (Fsp3) is 0.357. The number of nitrogens with one attached hydrogen (secondary N) is 1. The van der Waals surface area contributed by atoms with Crippen LogP contribution in [0.15, 0.2) is 24.5 Å². The van der Waals surface area contributed by atoms with Gasteiger partial charge in [-0.1, -0.05) is 11.6 Å². The zero-order valence-electron chi connectivity index (χ0n) is 13.0. The Bertz CT molecular complexity index is 736. The van der Waals surface area contributed by atoms with Crippen LogP contribution in [0.25, 0.3) is 5.69 Å². The van der Waals surface area contributed by atoms with Gasteiger partial charge in [-0.25, -0.2) is 14.5 Å². The summed E-state index contributed by atoms with van der Waals surface area (Å²) in [6.07, 6.45) is -2.90. The predicted molar refractivity (Wildman–Crippen MR) is 81.2 cm³/mol. The van der Waals surface area contributed by atoms with Gasteiger partial charge in [-0.3, -0.25) is 5.32 Å². The highest BCUT2D eigenvalue weighted by Crippen LogP contribution is 2.28. The summed E-state index contributed by atoms with van der Waals surface area (Å²) < 4.78 is 43.8. The molecule has 10 heteroatoms. The lowest BCUT2D eigenvalue weighted by molar-refractivity contribution is -0.141. The van der Waals surface area contributed by atoms with Crippen LogP contribution < -0.4 is 5.32 Å². The topological polar surface area (TPSA) is 69.0 Å². The van der Waals surface area contributed by atoms with Crippen LogP contribution >= 0.6 is 11.6 Å². The molecule has 130 valence electrons. The molecule has 0 aliphatic rings. The SMILES string of the molecule is CC(C)(C)OC(=O)Nc1cn(-c2ccc(C(F)(F)F)nc2)nc1Cl. The van der Waals surface area contributed by atoms with Gasteiger partial charge >= 0.3 is 12.3 Å². The van der Waals surface area contributed by atoms with Crippen molar-refractivity contribution in [3.63, 3.8) is 0 Å². The van der Waals surface area contributed by atoms with Crippen LogP contribution in [0.5, 0.6) is 0 Å². The van der Waals surface area contributed by atoms with E-state index in [1.54, 1.807) is 20.8 Å². The summed E-state index contributed by atoms with van der Waals surface area (Å²) in [5, 5.41) is 6.29. The maximum Gasteiger partial charge on any atom is 0.433 e. The molecule has 0 radical (unpaired) electrons. The van der Waals surface area contributed by atoms with Gasteiger partial charge in [-0.05, 0) is 32.9 Å². The van der Waals surface area contributed by atoms with Crippen molar-refractivity contribution in [2.45, 2.75) is 32.5 Å². The van der Waals surface area contributed by atoms with E-state index in [0.717, 1.165) is 12.3 Å². The fourth-order valence-electron chi connectivity index (χ4n) is 1.67. The number of anilines is 1. The Kier molecular flexibility index (Phi) is 4.75. The van der Waals surface area contributed by atoms with Gasteiger partial charge < -0.3 is 4.74 Å². The summed E-state index contributed by atoms with van der Waals surface area (Å²) in [5.74, 6) is 0. The molecule has 0 saturated carbocycles. The van der Waals surface area contributed by atoms with Gasteiger partial charge in [0.15, 0.2) is 5.15 Å². The van der Waals surface area contributed by atoms with Crippen LogP contribution in [0.2, 0.25) is 5.15 Å². The van der Waals surface area contributed by atoms with Crippen molar-refractivity contribution in [2.24, 2.45) is 0 Å². The first-order valence-corrected chi connectivity index (χ1v) is 7.12. The summed E-state index contributed by atoms with van der Waals surface area (Å²) >= 11 is 5.91. The minimum absolute atomic E-state index is 0.0410. The number of ether oxygens (including phenoxy) is 1.